The normalized spacial score (nSPS) is 12.6. The van der Waals surface area contributed by atoms with Gasteiger partial charge in [0.2, 0.25) is 0 Å². The van der Waals surface area contributed by atoms with Crippen molar-refractivity contribution in [1.82, 2.24) is 0 Å². The van der Waals surface area contributed by atoms with Crippen molar-refractivity contribution in [2.24, 2.45) is 0 Å². The van der Waals surface area contributed by atoms with Crippen molar-refractivity contribution in [2.75, 3.05) is 13.0 Å². The summed E-state index contributed by atoms with van der Waals surface area (Å²) in [4.78, 5) is 0. The van der Waals surface area contributed by atoms with E-state index < -0.39 is 6.10 Å². The van der Waals surface area contributed by atoms with Crippen LogP contribution in [0, 0.1) is 0 Å². The highest BCUT2D eigenvalue weighted by Crippen LogP contribution is 2.28. The van der Waals surface area contributed by atoms with Crippen LogP contribution in [-0.4, -0.2) is 18.1 Å². The molecule has 0 aliphatic heterocycles. The van der Waals surface area contributed by atoms with Gasteiger partial charge in [-0.05, 0) is 18.2 Å². The van der Waals surface area contributed by atoms with Gasteiger partial charge in [-0.15, -0.1) is 11.6 Å². The van der Waals surface area contributed by atoms with Gasteiger partial charge in [-0.3, -0.25) is 0 Å². The molecule has 0 heterocycles. The molecule has 0 aliphatic rings. The lowest BCUT2D eigenvalue weighted by atomic mass is 10.1. The van der Waals surface area contributed by atoms with Crippen molar-refractivity contribution >= 4 is 27.5 Å². The molecule has 0 fully saturated rings. The Morgan fingerprint density at radius 1 is 1.62 bits per heavy atom. The molecular formula is C9H10BrClO2. The SMILES string of the molecule is COc1ccc(Br)cc1[C@H](O)CCl. The molecule has 0 saturated carbocycles. The molecule has 0 amide bonds. The Balaban J connectivity index is 3.07. The van der Waals surface area contributed by atoms with E-state index in [-0.39, 0.29) is 5.88 Å². The molecule has 0 aliphatic carbocycles. The minimum atomic E-state index is -0.686. The lowest BCUT2D eigenvalue weighted by molar-refractivity contribution is 0.197. The number of alkyl halides is 1. The van der Waals surface area contributed by atoms with Gasteiger partial charge in [-0.2, -0.15) is 0 Å². The Hall–Kier alpha value is -0.250. The molecule has 0 saturated heterocycles. The highest BCUT2D eigenvalue weighted by Gasteiger charge is 2.12. The second-order valence-corrected chi connectivity index (χ2v) is 3.78. The zero-order valence-corrected chi connectivity index (χ0v) is 9.47. The molecule has 1 aromatic rings. The fraction of sp³-hybridized carbons (Fsp3) is 0.333. The van der Waals surface area contributed by atoms with Crippen molar-refractivity contribution in [2.45, 2.75) is 6.10 Å². The van der Waals surface area contributed by atoms with Crippen LogP contribution in [0.1, 0.15) is 11.7 Å². The molecule has 1 rings (SSSR count). The standard InChI is InChI=1S/C9H10BrClO2/c1-13-9-3-2-6(10)4-7(9)8(12)5-11/h2-4,8,12H,5H2,1H3/t8-/m1/s1. The number of ether oxygens (including phenoxy) is 1. The van der Waals surface area contributed by atoms with E-state index in [0.717, 1.165) is 4.47 Å². The molecule has 1 atom stereocenters. The maximum atomic E-state index is 9.53. The van der Waals surface area contributed by atoms with Crippen LogP contribution >= 0.6 is 27.5 Å². The Morgan fingerprint density at radius 3 is 2.85 bits per heavy atom. The lowest BCUT2D eigenvalue weighted by Gasteiger charge is -2.12. The van der Waals surface area contributed by atoms with Crippen molar-refractivity contribution in [3.8, 4) is 5.75 Å². The van der Waals surface area contributed by atoms with Crippen LogP contribution in [0.2, 0.25) is 0 Å². The number of hydrogen-bond acceptors (Lipinski definition) is 2. The van der Waals surface area contributed by atoms with E-state index in [0.29, 0.717) is 11.3 Å². The average Bonchev–Trinajstić information content (AvgIpc) is 2.16. The molecule has 0 bridgehead atoms. The van der Waals surface area contributed by atoms with Crippen LogP contribution < -0.4 is 4.74 Å². The van der Waals surface area contributed by atoms with Crippen LogP contribution in [0.3, 0.4) is 0 Å². The molecule has 0 aromatic heterocycles. The molecule has 2 nitrogen and oxygen atoms in total. The first kappa shape index (κ1) is 10.8. The van der Waals surface area contributed by atoms with Crippen LogP contribution in [0.4, 0.5) is 0 Å². The minimum Gasteiger partial charge on any atom is -0.496 e. The summed E-state index contributed by atoms with van der Waals surface area (Å²) in [6.45, 7) is 0. The maximum absolute atomic E-state index is 9.53. The number of aliphatic hydroxyl groups is 1. The van der Waals surface area contributed by atoms with E-state index in [1.807, 2.05) is 6.07 Å². The zero-order chi connectivity index (χ0) is 9.84. The second kappa shape index (κ2) is 4.84. The third kappa shape index (κ3) is 2.59. The minimum absolute atomic E-state index is 0.160. The summed E-state index contributed by atoms with van der Waals surface area (Å²) in [5, 5.41) is 9.53. The van der Waals surface area contributed by atoms with E-state index in [2.05, 4.69) is 15.9 Å². The van der Waals surface area contributed by atoms with Crippen LogP contribution in [0.15, 0.2) is 22.7 Å². The third-order valence-electron chi connectivity index (χ3n) is 1.70. The topological polar surface area (TPSA) is 29.5 Å². The fourth-order valence-electron chi connectivity index (χ4n) is 1.05. The summed E-state index contributed by atoms with van der Waals surface area (Å²) < 4.78 is 5.98. The van der Waals surface area contributed by atoms with Gasteiger partial charge >= 0.3 is 0 Å². The van der Waals surface area contributed by atoms with Crippen LogP contribution in [0.25, 0.3) is 0 Å². The molecule has 1 aromatic carbocycles. The molecule has 0 unspecified atom stereocenters. The average molecular weight is 266 g/mol. The first-order chi connectivity index (χ1) is 6.19. The van der Waals surface area contributed by atoms with Gasteiger partial charge in [0.15, 0.2) is 0 Å². The second-order valence-electron chi connectivity index (χ2n) is 2.56. The quantitative estimate of drug-likeness (QED) is 0.852. The van der Waals surface area contributed by atoms with Gasteiger partial charge < -0.3 is 9.84 Å². The molecule has 0 spiro atoms. The van der Waals surface area contributed by atoms with E-state index in [1.54, 1.807) is 19.2 Å². The monoisotopic (exact) mass is 264 g/mol. The first-order valence-electron chi connectivity index (χ1n) is 3.76. The molecule has 4 heteroatoms. The maximum Gasteiger partial charge on any atom is 0.124 e. The fourth-order valence-corrected chi connectivity index (χ4v) is 1.59. The van der Waals surface area contributed by atoms with Gasteiger partial charge in [-0.1, -0.05) is 15.9 Å². The third-order valence-corrected chi connectivity index (χ3v) is 2.48. The Morgan fingerprint density at radius 2 is 2.31 bits per heavy atom. The number of hydrogen-bond donors (Lipinski definition) is 1. The molecule has 13 heavy (non-hydrogen) atoms. The summed E-state index contributed by atoms with van der Waals surface area (Å²) in [6, 6.07) is 5.43. The number of aliphatic hydroxyl groups excluding tert-OH is 1. The summed E-state index contributed by atoms with van der Waals surface area (Å²) in [6.07, 6.45) is -0.686. The zero-order valence-electron chi connectivity index (χ0n) is 7.13. The van der Waals surface area contributed by atoms with E-state index in [9.17, 15) is 5.11 Å². The van der Waals surface area contributed by atoms with Gasteiger partial charge in [-0.25, -0.2) is 0 Å². The Labute approximate surface area is 90.6 Å². The predicted octanol–water partition coefficient (Wildman–Crippen LogP) is 2.73. The predicted molar refractivity (Wildman–Crippen MR) is 56.4 cm³/mol. The summed E-state index contributed by atoms with van der Waals surface area (Å²) >= 11 is 8.86. The number of rotatable bonds is 3. The number of halogens is 2. The summed E-state index contributed by atoms with van der Waals surface area (Å²) in [7, 11) is 1.56. The van der Waals surface area contributed by atoms with Crippen molar-refractivity contribution < 1.29 is 9.84 Å². The summed E-state index contributed by atoms with van der Waals surface area (Å²) in [5.41, 5.74) is 0.701. The van der Waals surface area contributed by atoms with Crippen molar-refractivity contribution in [3.05, 3.63) is 28.2 Å². The smallest absolute Gasteiger partial charge is 0.124 e. The lowest BCUT2D eigenvalue weighted by Crippen LogP contribution is -2.01. The van der Waals surface area contributed by atoms with E-state index >= 15 is 0 Å². The van der Waals surface area contributed by atoms with Crippen molar-refractivity contribution in [3.63, 3.8) is 0 Å². The number of benzene rings is 1. The summed E-state index contributed by atoms with van der Waals surface area (Å²) in [5.74, 6) is 0.809. The highest BCUT2D eigenvalue weighted by atomic mass is 79.9. The van der Waals surface area contributed by atoms with E-state index in [4.69, 9.17) is 16.3 Å². The highest BCUT2D eigenvalue weighted by molar-refractivity contribution is 9.10. The van der Waals surface area contributed by atoms with Gasteiger partial charge in [0, 0.05) is 10.0 Å². The van der Waals surface area contributed by atoms with Gasteiger partial charge in [0.25, 0.3) is 0 Å². The Kier molecular flexibility index (Phi) is 4.03. The van der Waals surface area contributed by atoms with Crippen LogP contribution in [0.5, 0.6) is 5.75 Å². The Bertz CT molecular complexity index is 291. The van der Waals surface area contributed by atoms with Crippen molar-refractivity contribution in [1.29, 1.82) is 0 Å². The van der Waals surface area contributed by atoms with Crippen LogP contribution in [-0.2, 0) is 0 Å². The number of methoxy groups -OCH3 is 1. The van der Waals surface area contributed by atoms with Gasteiger partial charge in [0.05, 0.1) is 19.1 Å². The largest absolute Gasteiger partial charge is 0.496 e. The first-order valence-corrected chi connectivity index (χ1v) is 5.09. The van der Waals surface area contributed by atoms with Gasteiger partial charge in [0.1, 0.15) is 5.75 Å². The molecule has 1 N–H and O–H groups in total. The van der Waals surface area contributed by atoms with E-state index in [1.165, 1.54) is 0 Å². The molecular weight excluding hydrogens is 255 g/mol. The molecule has 72 valence electrons. The molecule has 0 radical (unpaired) electrons.